The van der Waals surface area contributed by atoms with Crippen molar-refractivity contribution in [1.82, 2.24) is 0 Å². The SMILES string of the molecule is C\C(=N/C(/C=N/[S@+]([O-])C(C)(C)C)=C(\C)Cc1ccccc1)c1cc(F)ccc1F. The predicted molar refractivity (Wildman–Crippen MR) is 118 cm³/mol. The Morgan fingerprint density at radius 1 is 1.07 bits per heavy atom. The van der Waals surface area contributed by atoms with Crippen molar-refractivity contribution >= 4 is 23.3 Å². The standard InChI is InChI=1S/C23H26F2N2OS/c1-16(13-18-9-7-6-8-10-18)22(15-26-29(28)23(3,4)5)27-17(2)20-14-19(24)11-12-21(20)25/h6-12,14-15H,13H2,1-5H3/b22-16+,26-15+,27-17+/t29-/m1/s1. The lowest BCUT2D eigenvalue weighted by Gasteiger charge is -2.18. The molecule has 0 radical (unpaired) electrons. The van der Waals surface area contributed by atoms with Crippen LogP contribution in [0, 0.1) is 11.6 Å². The minimum Gasteiger partial charge on any atom is -0.591 e. The molecule has 1 atom stereocenters. The van der Waals surface area contributed by atoms with Crippen LogP contribution >= 0.6 is 0 Å². The van der Waals surface area contributed by atoms with E-state index in [1.807, 2.05) is 58.0 Å². The maximum atomic E-state index is 14.1. The number of allylic oxidation sites excluding steroid dienone is 2. The molecule has 2 aromatic rings. The third kappa shape index (κ3) is 6.91. The molecule has 0 aromatic heterocycles. The molecule has 0 heterocycles. The van der Waals surface area contributed by atoms with E-state index in [2.05, 4.69) is 9.39 Å². The highest BCUT2D eigenvalue weighted by atomic mass is 32.2. The van der Waals surface area contributed by atoms with Crippen LogP contribution in [0.1, 0.15) is 45.7 Å². The van der Waals surface area contributed by atoms with Crippen LogP contribution in [0.25, 0.3) is 0 Å². The van der Waals surface area contributed by atoms with Gasteiger partial charge in [-0.3, -0.25) is 4.99 Å². The molecule has 0 N–H and O–H groups in total. The highest BCUT2D eigenvalue weighted by molar-refractivity contribution is 7.91. The normalized spacial score (nSPS) is 14.8. The molecular formula is C23H26F2N2OS. The minimum absolute atomic E-state index is 0.0837. The van der Waals surface area contributed by atoms with Crippen molar-refractivity contribution in [1.29, 1.82) is 0 Å². The molecule has 3 nitrogen and oxygen atoms in total. The number of aliphatic imine (C=N–C) groups is 1. The molecule has 0 aliphatic rings. The predicted octanol–water partition coefficient (Wildman–Crippen LogP) is 5.82. The summed E-state index contributed by atoms with van der Waals surface area (Å²) in [7, 11) is 0. The molecule has 154 valence electrons. The van der Waals surface area contributed by atoms with Gasteiger partial charge in [0.15, 0.2) is 0 Å². The molecular weight excluding hydrogens is 390 g/mol. The molecule has 0 bridgehead atoms. The second-order valence-electron chi connectivity index (χ2n) is 7.75. The first-order valence-corrected chi connectivity index (χ1v) is 10.4. The van der Waals surface area contributed by atoms with Gasteiger partial charge in [-0.25, -0.2) is 8.78 Å². The summed E-state index contributed by atoms with van der Waals surface area (Å²) in [5, 5.41) is 0. The zero-order valence-corrected chi connectivity index (χ0v) is 18.2. The third-order valence-corrected chi connectivity index (χ3v) is 5.49. The van der Waals surface area contributed by atoms with E-state index >= 15 is 0 Å². The Labute approximate surface area is 174 Å². The van der Waals surface area contributed by atoms with Crippen LogP contribution in [-0.4, -0.2) is 21.2 Å². The van der Waals surface area contributed by atoms with Gasteiger partial charge in [0.2, 0.25) is 0 Å². The summed E-state index contributed by atoms with van der Waals surface area (Å²) in [4.78, 5) is 4.50. The van der Waals surface area contributed by atoms with Gasteiger partial charge in [-0.1, -0.05) is 34.7 Å². The van der Waals surface area contributed by atoms with Gasteiger partial charge in [0.05, 0.1) is 5.70 Å². The van der Waals surface area contributed by atoms with Gasteiger partial charge in [0.1, 0.15) is 34.0 Å². The van der Waals surface area contributed by atoms with Crippen LogP contribution in [0.5, 0.6) is 0 Å². The van der Waals surface area contributed by atoms with E-state index in [4.69, 9.17) is 0 Å². The monoisotopic (exact) mass is 416 g/mol. The molecule has 29 heavy (non-hydrogen) atoms. The van der Waals surface area contributed by atoms with Crippen molar-refractivity contribution in [3.8, 4) is 0 Å². The Hall–Kier alpha value is -2.31. The number of rotatable bonds is 6. The Morgan fingerprint density at radius 3 is 2.34 bits per heavy atom. The fourth-order valence-corrected chi connectivity index (χ4v) is 3.01. The Balaban J connectivity index is 2.47. The van der Waals surface area contributed by atoms with Crippen molar-refractivity contribution in [3.63, 3.8) is 0 Å². The highest BCUT2D eigenvalue weighted by Gasteiger charge is 2.26. The van der Waals surface area contributed by atoms with E-state index in [0.717, 1.165) is 29.3 Å². The van der Waals surface area contributed by atoms with E-state index in [0.29, 0.717) is 17.8 Å². The minimum atomic E-state index is -1.46. The molecule has 0 saturated heterocycles. The summed E-state index contributed by atoms with van der Waals surface area (Å²) >= 11 is -1.46. The number of hydrogen-bond donors (Lipinski definition) is 0. The maximum absolute atomic E-state index is 14.1. The average molecular weight is 417 g/mol. The summed E-state index contributed by atoms with van der Waals surface area (Å²) in [6.07, 6.45) is 2.06. The molecule has 0 aliphatic heterocycles. The first-order chi connectivity index (χ1) is 13.6. The molecule has 6 heteroatoms. The maximum Gasteiger partial charge on any atom is 0.144 e. The van der Waals surface area contributed by atoms with Crippen molar-refractivity contribution in [2.24, 2.45) is 9.39 Å². The van der Waals surface area contributed by atoms with Crippen molar-refractivity contribution < 1.29 is 13.3 Å². The van der Waals surface area contributed by atoms with Crippen LogP contribution in [-0.2, 0) is 17.8 Å². The van der Waals surface area contributed by atoms with E-state index in [1.165, 1.54) is 6.21 Å². The molecule has 2 rings (SSSR count). The van der Waals surface area contributed by atoms with E-state index in [-0.39, 0.29) is 5.56 Å². The zero-order chi connectivity index (χ0) is 21.6. The number of benzene rings is 2. The van der Waals surface area contributed by atoms with Crippen LogP contribution in [0.4, 0.5) is 8.78 Å². The lowest BCUT2D eigenvalue weighted by Crippen LogP contribution is -2.25. The van der Waals surface area contributed by atoms with E-state index in [1.54, 1.807) is 6.92 Å². The first-order valence-electron chi connectivity index (χ1n) is 9.28. The van der Waals surface area contributed by atoms with Gasteiger partial charge < -0.3 is 4.55 Å². The van der Waals surface area contributed by atoms with Crippen molar-refractivity contribution in [2.75, 3.05) is 0 Å². The first kappa shape index (κ1) is 23.0. The molecule has 0 amide bonds. The second-order valence-corrected chi connectivity index (χ2v) is 9.68. The Kier molecular flexibility index (Phi) is 7.88. The van der Waals surface area contributed by atoms with E-state index in [9.17, 15) is 13.3 Å². The summed E-state index contributed by atoms with van der Waals surface area (Å²) in [5.74, 6) is -1.09. The van der Waals surface area contributed by atoms with Crippen molar-refractivity contribution in [3.05, 3.63) is 82.6 Å². The Morgan fingerprint density at radius 2 is 1.72 bits per heavy atom. The summed E-state index contributed by atoms with van der Waals surface area (Å²) in [6, 6.07) is 13.1. The third-order valence-electron chi connectivity index (χ3n) is 4.15. The summed E-state index contributed by atoms with van der Waals surface area (Å²) < 4.78 is 43.7. The quantitative estimate of drug-likeness (QED) is 0.432. The van der Waals surface area contributed by atoms with E-state index < -0.39 is 27.7 Å². The van der Waals surface area contributed by atoms with Gasteiger partial charge in [-0.05, 0) is 70.4 Å². The molecule has 2 aromatic carbocycles. The molecule has 0 unspecified atom stereocenters. The van der Waals surface area contributed by atoms with Gasteiger partial charge in [-0.2, -0.15) is 0 Å². The van der Waals surface area contributed by atoms with Crippen molar-refractivity contribution in [2.45, 2.75) is 45.8 Å². The number of hydrogen-bond acceptors (Lipinski definition) is 3. The van der Waals surface area contributed by atoms with Gasteiger partial charge in [-0.15, -0.1) is 0 Å². The number of nitrogens with zero attached hydrogens (tertiary/aromatic N) is 2. The lowest BCUT2D eigenvalue weighted by atomic mass is 10.0. The number of halogens is 2. The topological polar surface area (TPSA) is 47.8 Å². The molecule has 0 saturated carbocycles. The fraction of sp³-hybridized carbons (Fsp3) is 0.304. The molecule has 0 spiro atoms. The van der Waals surface area contributed by atoms with Crippen LogP contribution in [0.2, 0.25) is 0 Å². The largest absolute Gasteiger partial charge is 0.591 e. The Bertz CT molecular complexity index is 932. The highest BCUT2D eigenvalue weighted by Crippen LogP contribution is 2.19. The van der Waals surface area contributed by atoms with Crippen LogP contribution < -0.4 is 0 Å². The smallest absolute Gasteiger partial charge is 0.144 e. The van der Waals surface area contributed by atoms with Gasteiger partial charge in [0, 0.05) is 11.3 Å². The molecule has 0 aliphatic carbocycles. The van der Waals surface area contributed by atoms with Crippen LogP contribution in [0.3, 0.4) is 0 Å². The summed E-state index contributed by atoms with van der Waals surface area (Å²) in [5.41, 5.74) is 2.84. The van der Waals surface area contributed by atoms with Crippen LogP contribution in [0.15, 0.2) is 69.2 Å². The molecule has 0 fully saturated rings. The lowest BCUT2D eigenvalue weighted by molar-refractivity contribution is 0.562. The summed E-state index contributed by atoms with van der Waals surface area (Å²) in [6.45, 7) is 9.00. The fourth-order valence-electron chi connectivity index (χ4n) is 2.50. The second kappa shape index (κ2) is 9.94. The average Bonchev–Trinajstić information content (AvgIpc) is 2.66. The van der Waals surface area contributed by atoms with Gasteiger partial charge >= 0.3 is 0 Å². The van der Waals surface area contributed by atoms with Gasteiger partial charge in [0.25, 0.3) is 0 Å². The zero-order valence-electron chi connectivity index (χ0n) is 17.4.